The molecule has 1 aromatic heterocycles. The van der Waals surface area contributed by atoms with E-state index in [1.54, 1.807) is 0 Å². The summed E-state index contributed by atoms with van der Waals surface area (Å²) >= 11 is 0. The summed E-state index contributed by atoms with van der Waals surface area (Å²) in [4.78, 5) is 28.8. The van der Waals surface area contributed by atoms with Crippen LogP contribution in [0.15, 0.2) is 12.3 Å². The number of hydrogen-bond acceptors (Lipinski definition) is 6. The third kappa shape index (κ3) is 3.66. The zero-order chi connectivity index (χ0) is 15.4. The highest BCUT2D eigenvalue weighted by Gasteiger charge is 2.26. The van der Waals surface area contributed by atoms with Crippen molar-refractivity contribution in [2.24, 2.45) is 0 Å². The van der Waals surface area contributed by atoms with Crippen LogP contribution in [0.4, 0.5) is 11.5 Å². The number of anilines is 1. The van der Waals surface area contributed by atoms with Crippen LogP contribution in [-0.2, 0) is 0 Å². The van der Waals surface area contributed by atoms with Gasteiger partial charge in [0.1, 0.15) is 17.6 Å². The molecule has 1 saturated heterocycles. The van der Waals surface area contributed by atoms with E-state index in [9.17, 15) is 14.9 Å². The molecule has 1 aliphatic heterocycles. The zero-order valence-electron chi connectivity index (χ0n) is 12.1. The van der Waals surface area contributed by atoms with E-state index in [1.165, 1.54) is 6.07 Å². The van der Waals surface area contributed by atoms with E-state index >= 15 is 0 Å². The Labute approximate surface area is 122 Å². The molecular formula is C13H19N5O3. The van der Waals surface area contributed by atoms with Crippen molar-refractivity contribution >= 4 is 17.4 Å². The van der Waals surface area contributed by atoms with Crippen LogP contribution in [0.1, 0.15) is 23.7 Å². The molecule has 1 amide bonds. The molecule has 0 saturated carbocycles. The van der Waals surface area contributed by atoms with Gasteiger partial charge in [0.05, 0.1) is 4.92 Å². The average Bonchev–Trinajstić information content (AvgIpc) is 2.84. The number of nitrogens with zero attached hydrogens (tertiary/aromatic N) is 3. The molecular weight excluding hydrogens is 274 g/mol. The van der Waals surface area contributed by atoms with E-state index in [4.69, 9.17) is 0 Å². The maximum Gasteiger partial charge on any atom is 0.300 e. The van der Waals surface area contributed by atoms with E-state index in [1.807, 2.05) is 14.0 Å². The lowest BCUT2D eigenvalue weighted by atomic mass is 10.1. The van der Waals surface area contributed by atoms with Crippen molar-refractivity contribution in [3.05, 3.63) is 27.9 Å². The van der Waals surface area contributed by atoms with Gasteiger partial charge in [-0.1, -0.05) is 0 Å². The van der Waals surface area contributed by atoms with Crippen molar-refractivity contribution < 1.29 is 9.72 Å². The molecule has 0 aromatic carbocycles. The number of carbonyl (C=O) groups excluding carboxylic acids is 1. The number of likely N-dealkylation sites (tertiary alicyclic amines) is 1. The number of aromatic nitrogens is 1. The smallest absolute Gasteiger partial charge is 0.300 e. The Bertz CT molecular complexity index is 549. The van der Waals surface area contributed by atoms with Crippen molar-refractivity contribution in [2.75, 3.05) is 32.0 Å². The number of pyridine rings is 1. The van der Waals surface area contributed by atoms with Crippen LogP contribution < -0.4 is 10.6 Å². The van der Waals surface area contributed by atoms with Gasteiger partial charge in [-0.2, -0.15) is 0 Å². The van der Waals surface area contributed by atoms with Crippen LogP contribution in [-0.4, -0.2) is 53.4 Å². The molecule has 0 spiro atoms. The summed E-state index contributed by atoms with van der Waals surface area (Å²) in [6, 6.07) is 1.45. The molecule has 2 rings (SSSR count). The first-order valence-corrected chi connectivity index (χ1v) is 6.89. The van der Waals surface area contributed by atoms with Gasteiger partial charge in [-0.15, -0.1) is 0 Å². The van der Waals surface area contributed by atoms with Crippen LogP contribution in [0.3, 0.4) is 0 Å². The molecule has 1 unspecified atom stereocenters. The van der Waals surface area contributed by atoms with Gasteiger partial charge in [-0.05, 0) is 26.9 Å². The highest BCUT2D eigenvalue weighted by atomic mass is 16.6. The van der Waals surface area contributed by atoms with Crippen molar-refractivity contribution in [2.45, 2.75) is 19.4 Å². The minimum atomic E-state index is -0.585. The molecule has 8 heteroatoms. The second-order valence-corrected chi connectivity index (χ2v) is 5.10. The fraction of sp³-hybridized carbons (Fsp3) is 0.538. The molecule has 2 N–H and O–H groups in total. The van der Waals surface area contributed by atoms with Gasteiger partial charge in [-0.3, -0.25) is 14.9 Å². The SMILES string of the molecule is CCNc1cc(C(=O)NC2CCN(C)C2)c([N+](=O)[O-])cn1. The highest BCUT2D eigenvalue weighted by molar-refractivity contribution is 5.98. The maximum absolute atomic E-state index is 12.3. The lowest BCUT2D eigenvalue weighted by Crippen LogP contribution is -2.36. The van der Waals surface area contributed by atoms with E-state index in [0.717, 1.165) is 25.7 Å². The topological polar surface area (TPSA) is 100 Å². The first-order valence-electron chi connectivity index (χ1n) is 6.89. The predicted octanol–water partition coefficient (Wildman–Crippen LogP) is 0.855. The standard InChI is InChI=1S/C13H19N5O3/c1-3-14-12-6-10(11(7-15-12)18(20)21)13(19)16-9-4-5-17(2)8-9/h6-7,9H,3-5,8H2,1-2H3,(H,14,15)(H,16,19). The fourth-order valence-corrected chi connectivity index (χ4v) is 2.37. The molecule has 0 aliphatic carbocycles. The third-order valence-corrected chi connectivity index (χ3v) is 3.41. The lowest BCUT2D eigenvalue weighted by Gasteiger charge is -2.13. The number of likely N-dealkylation sites (N-methyl/N-ethyl adjacent to an activating group) is 1. The Morgan fingerprint density at radius 3 is 2.95 bits per heavy atom. The van der Waals surface area contributed by atoms with Crippen molar-refractivity contribution in [3.63, 3.8) is 0 Å². The van der Waals surface area contributed by atoms with Gasteiger partial charge in [0, 0.05) is 25.2 Å². The predicted molar refractivity (Wildman–Crippen MR) is 78.4 cm³/mol. The summed E-state index contributed by atoms with van der Waals surface area (Å²) in [6.45, 7) is 4.17. The zero-order valence-corrected chi connectivity index (χ0v) is 12.1. The molecule has 114 valence electrons. The summed E-state index contributed by atoms with van der Waals surface area (Å²) < 4.78 is 0. The van der Waals surface area contributed by atoms with Gasteiger partial charge >= 0.3 is 0 Å². The average molecular weight is 293 g/mol. The first kappa shape index (κ1) is 15.2. The normalized spacial score (nSPS) is 18.5. The lowest BCUT2D eigenvalue weighted by molar-refractivity contribution is -0.385. The fourth-order valence-electron chi connectivity index (χ4n) is 2.37. The number of carbonyl (C=O) groups is 1. The molecule has 2 heterocycles. The van der Waals surface area contributed by atoms with E-state index < -0.39 is 10.8 Å². The van der Waals surface area contributed by atoms with Crippen molar-refractivity contribution in [1.29, 1.82) is 0 Å². The molecule has 1 aliphatic rings. The van der Waals surface area contributed by atoms with Crippen LogP contribution in [0.2, 0.25) is 0 Å². The number of amides is 1. The quantitative estimate of drug-likeness (QED) is 0.617. The minimum absolute atomic E-state index is 0.0258. The largest absolute Gasteiger partial charge is 0.370 e. The summed E-state index contributed by atoms with van der Waals surface area (Å²) in [5.74, 6) is 0.0281. The minimum Gasteiger partial charge on any atom is -0.370 e. The molecule has 1 fully saturated rings. The van der Waals surface area contributed by atoms with E-state index in [2.05, 4.69) is 20.5 Å². The molecule has 21 heavy (non-hydrogen) atoms. The van der Waals surface area contributed by atoms with Crippen LogP contribution in [0, 0.1) is 10.1 Å². The molecule has 0 radical (unpaired) electrons. The molecule has 8 nitrogen and oxygen atoms in total. The second kappa shape index (κ2) is 6.49. The number of nitro groups is 1. The van der Waals surface area contributed by atoms with Crippen LogP contribution in [0.25, 0.3) is 0 Å². The summed E-state index contributed by atoms with van der Waals surface area (Å²) in [6.07, 6.45) is 1.97. The highest BCUT2D eigenvalue weighted by Crippen LogP contribution is 2.21. The van der Waals surface area contributed by atoms with Gasteiger partial charge in [0.25, 0.3) is 11.6 Å². The Balaban J connectivity index is 2.20. The number of rotatable bonds is 5. The number of nitrogens with one attached hydrogen (secondary N) is 2. The van der Waals surface area contributed by atoms with Gasteiger partial charge < -0.3 is 15.5 Å². The van der Waals surface area contributed by atoms with Gasteiger partial charge in [-0.25, -0.2) is 4.98 Å². The molecule has 1 atom stereocenters. The summed E-state index contributed by atoms with van der Waals surface area (Å²) in [5, 5.41) is 16.8. The second-order valence-electron chi connectivity index (χ2n) is 5.10. The Kier molecular flexibility index (Phi) is 4.69. The first-order chi connectivity index (χ1) is 10.0. The Morgan fingerprint density at radius 1 is 1.62 bits per heavy atom. The molecule has 1 aromatic rings. The van der Waals surface area contributed by atoms with Gasteiger partial charge in [0.15, 0.2) is 0 Å². The monoisotopic (exact) mass is 293 g/mol. The van der Waals surface area contributed by atoms with E-state index in [0.29, 0.717) is 12.4 Å². The van der Waals surface area contributed by atoms with Crippen LogP contribution >= 0.6 is 0 Å². The Hall–Kier alpha value is -2.22. The van der Waals surface area contributed by atoms with Crippen molar-refractivity contribution in [3.8, 4) is 0 Å². The summed E-state index contributed by atoms with van der Waals surface area (Å²) in [5.41, 5.74) is -0.235. The Morgan fingerprint density at radius 2 is 2.38 bits per heavy atom. The summed E-state index contributed by atoms with van der Waals surface area (Å²) in [7, 11) is 1.98. The third-order valence-electron chi connectivity index (χ3n) is 3.41. The number of hydrogen-bond donors (Lipinski definition) is 2. The maximum atomic E-state index is 12.3. The van der Waals surface area contributed by atoms with Gasteiger partial charge in [0.2, 0.25) is 0 Å². The molecule has 0 bridgehead atoms. The van der Waals surface area contributed by atoms with Crippen LogP contribution in [0.5, 0.6) is 0 Å². The van der Waals surface area contributed by atoms with Crippen molar-refractivity contribution in [1.82, 2.24) is 15.2 Å². The van der Waals surface area contributed by atoms with E-state index in [-0.39, 0.29) is 17.3 Å².